The predicted molar refractivity (Wildman–Crippen MR) is 117 cm³/mol. The molecule has 1 nitrogen and oxygen atoms in total. The summed E-state index contributed by atoms with van der Waals surface area (Å²) in [5, 5.41) is 10.1. The van der Waals surface area contributed by atoms with Gasteiger partial charge in [-0.1, -0.05) is 59.6 Å². The van der Waals surface area contributed by atoms with Crippen LogP contribution in [-0.2, 0) is 0 Å². The third-order valence-corrected chi connectivity index (χ3v) is 9.37. The summed E-state index contributed by atoms with van der Waals surface area (Å²) in [5.74, 6) is 4.61. The molecule has 0 saturated heterocycles. The zero-order chi connectivity index (χ0) is 19.8. The minimum atomic E-state index is -0.0726. The molecule has 7 atom stereocenters. The number of aliphatic hydroxyl groups excluding tert-OH is 1. The van der Waals surface area contributed by atoms with Crippen molar-refractivity contribution in [3.63, 3.8) is 0 Å². The van der Waals surface area contributed by atoms with Gasteiger partial charge in [-0.2, -0.15) is 0 Å². The van der Waals surface area contributed by atoms with Gasteiger partial charge in [0.2, 0.25) is 0 Å². The van der Waals surface area contributed by atoms with Crippen molar-refractivity contribution >= 4 is 0 Å². The number of hydrogen-bond acceptors (Lipinski definition) is 1. The molecule has 4 aliphatic rings. The first-order valence-corrected chi connectivity index (χ1v) is 12.2. The molecular formula is C26H46O. The molecular weight excluding hydrogens is 328 g/mol. The highest BCUT2D eigenvalue weighted by Gasteiger charge is 2.58. The minimum absolute atomic E-state index is 0.0726. The van der Waals surface area contributed by atoms with Gasteiger partial charge >= 0.3 is 0 Å². The zero-order valence-corrected chi connectivity index (χ0v) is 19.1. The van der Waals surface area contributed by atoms with Crippen LogP contribution in [0, 0.1) is 40.4 Å². The van der Waals surface area contributed by atoms with Crippen molar-refractivity contribution in [2.45, 2.75) is 112 Å². The van der Waals surface area contributed by atoms with Gasteiger partial charge in [0, 0.05) is 0 Å². The Balaban J connectivity index is 0.00000102. The maximum absolute atomic E-state index is 10.1. The second kappa shape index (κ2) is 8.21. The Bertz CT molecular complexity index is 534. The largest absolute Gasteiger partial charge is 0.393 e. The maximum Gasteiger partial charge on any atom is 0.0577 e. The van der Waals surface area contributed by atoms with Crippen LogP contribution in [0.3, 0.4) is 0 Å². The fourth-order valence-electron chi connectivity index (χ4n) is 7.76. The third kappa shape index (κ3) is 3.67. The fourth-order valence-corrected chi connectivity index (χ4v) is 7.76. The van der Waals surface area contributed by atoms with E-state index in [-0.39, 0.29) is 6.10 Å². The van der Waals surface area contributed by atoms with Crippen LogP contribution in [0.1, 0.15) is 106 Å². The van der Waals surface area contributed by atoms with E-state index < -0.39 is 0 Å². The van der Waals surface area contributed by atoms with Gasteiger partial charge in [-0.25, -0.2) is 0 Å². The molecule has 27 heavy (non-hydrogen) atoms. The zero-order valence-electron chi connectivity index (χ0n) is 19.1. The van der Waals surface area contributed by atoms with Gasteiger partial charge in [0.05, 0.1) is 6.10 Å². The molecule has 7 unspecified atom stereocenters. The standard InChI is InChI=1S/C24H40O.C2H6/c1-16(2)5-6-17-8-10-21-20-9-7-18-15-19(25)11-13-24(18,4)22(20)12-14-23(17,21)3;1-2/h7,16-17,19-22,25H,5-6,8-15H2,1-4H3;1-2H3. The molecule has 156 valence electrons. The summed E-state index contributed by atoms with van der Waals surface area (Å²) in [6.07, 6.45) is 15.8. The minimum Gasteiger partial charge on any atom is -0.393 e. The molecule has 3 fully saturated rings. The summed E-state index contributed by atoms with van der Waals surface area (Å²) >= 11 is 0. The summed E-state index contributed by atoms with van der Waals surface area (Å²) in [4.78, 5) is 0. The van der Waals surface area contributed by atoms with Crippen LogP contribution in [0.2, 0.25) is 0 Å². The van der Waals surface area contributed by atoms with Crippen molar-refractivity contribution in [1.29, 1.82) is 0 Å². The van der Waals surface area contributed by atoms with Crippen molar-refractivity contribution in [2.24, 2.45) is 40.4 Å². The van der Waals surface area contributed by atoms with Gasteiger partial charge in [-0.3, -0.25) is 0 Å². The maximum atomic E-state index is 10.1. The summed E-state index contributed by atoms with van der Waals surface area (Å²) < 4.78 is 0. The average molecular weight is 375 g/mol. The molecule has 0 radical (unpaired) electrons. The average Bonchev–Trinajstić information content (AvgIpc) is 2.98. The summed E-state index contributed by atoms with van der Waals surface area (Å²) in [5.41, 5.74) is 2.64. The van der Waals surface area contributed by atoms with E-state index >= 15 is 0 Å². The molecule has 3 saturated carbocycles. The van der Waals surface area contributed by atoms with Gasteiger partial charge in [0.25, 0.3) is 0 Å². The highest BCUT2D eigenvalue weighted by atomic mass is 16.3. The van der Waals surface area contributed by atoms with Crippen LogP contribution in [0.15, 0.2) is 11.6 Å². The molecule has 1 heteroatoms. The molecule has 0 aromatic rings. The Morgan fingerprint density at radius 2 is 1.78 bits per heavy atom. The normalized spacial score (nSPS) is 45.9. The Morgan fingerprint density at radius 1 is 1.04 bits per heavy atom. The van der Waals surface area contributed by atoms with Crippen molar-refractivity contribution in [3.8, 4) is 0 Å². The highest BCUT2D eigenvalue weighted by Crippen LogP contribution is 2.66. The summed E-state index contributed by atoms with van der Waals surface area (Å²) in [7, 11) is 0. The number of aliphatic hydroxyl groups is 1. The first-order chi connectivity index (χ1) is 12.8. The van der Waals surface area contributed by atoms with Crippen molar-refractivity contribution in [1.82, 2.24) is 0 Å². The van der Waals surface area contributed by atoms with Gasteiger partial charge < -0.3 is 5.11 Å². The van der Waals surface area contributed by atoms with E-state index in [1.54, 1.807) is 5.57 Å². The first-order valence-electron chi connectivity index (χ1n) is 12.2. The Morgan fingerprint density at radius 3 is 2.48 bits per heavy atom. The molecule has 4 aliphatic carbocycles. The van der Waals surface area contributed by atoms with Crippen molar-refractivity contribution in [3.05, 3.63) is 11.6 Å². The number of hydrogen-bond donors (Lipinski definition) is 1. The number of allylic oxidation sites excluding steroid dienone is 1. The lowest BCUT2D eigenvalue weighted by molar-refractivity contribution is -0.0511. The second-order valence-electron chi connectivity index (χ2n) is 10.9. The monoisotopic (exact) mass is 374 g/mol. The van der Waals surface area contributed by atoms with E-state index in [9.17, 15) is 5.11 Å². The van der Waals surface area contributed by atoms with Crippen molar-refractivity contribution in [2.75, 3.05) is 0 Å². The van der Waals surface area contributed by atoms with Crippen LogP contribution in [0.5, 0.6) is 0 Å². The lowest BCUT2D eigenvalue weighted by atomic mass is 9.47. The molecule has 0 heterocycles. The SMILES string of the molecule is CC.CC(C)CCC1CCC2C3CC=C4CC(O)CCC4(C)C3CCC12C. The Hall–Kier alpha value is -0.300. The van der Waals surface area contributed by atoms with E-state index in [4.69, 9.17) is 0 Å². The molecule has 0 aromatic heterocycles. The van der Waals surface area contributed by atoms with Crippen LogP contribution in [0.4, 0.5) is 0 Å². The third-order valence-electron chi connectivity index (χ3n) is 9.37. The van der Waals surface area contributed by atoms with E-state index in [0.717, 1.165) is 42.4 Å². The Labute approximate surface area is 169 Å². The molecule has 0 amide bonds. The molecule has 0 aliphatic heterocycles. The molecule has 1 N–H and O–H groups in total. The lowest BCUT2D eigenvalue weighted by Gasteiger charge is -2.58. The van der Waals surface area contributed by atoms with Gasteiger partial charge in [0.1, 0.15) is 0 Å². The molecule has 0 aromatic carbocycles. The van der Waals surface area contributed by atoms with Crippen molar-refractivity contribution < 1.29 is 5.11 Å². The second-order valence-corrected chi connectivity index (χ2v) is 10.9. The highest BCUT2D eigenvalue weighted by molar-refractivity contribution is 5.25. The fraction of sp³-hybridized carbons (Fsp3) is 0.923. The van der Waals surface area contributed by atoms with Crippen LogP contribution < -0.4 is 0 Å². The summed E-state index contributed by atoms with van der Waals surface area (Å²) in [6, 6.07) is 0. The summed E-state index contributed by atoms with van der Waals surface area (Å²) in [6.45, 7) is 14.0. The van der Waals surface area contributed by atoms with E-state index in [1.807, 2.05) is 13.8 Å². The van der Waals surface area contributed by atoms with Crippen LogP contribution >= 0.6 is 0 Å². The molecule has 4 rings (SSSR count). The topological polar surface area (TPSA) is 20.2 Å². The van der Waals surface area contributed by atoms with E-state index in [0.29, 0.717) is 10.8 Å². The van der Waals surface area contributed by atoms with Gasteiger partial charge in [0.15, 0.2) is 0 Å². The number of rotatable bonds is 3. The lowest BCUT2D eigenvalue weighted by Crippen LogP contribution is -2.50. The number of fused-ring (bicyclic) bond motifs is 5. The van der Waals surface area contributed by atoms with Gasteiger partial charge in [-0.15, -0.1) is 0 Å². The quantitative estimate of drug-likeness (QED) is 0.511. The molecule has 0 bridgehead atoms. The Kier molecular flexibility index (Phi) is 6.51. The van der Waals surface area contributed by atoms with E-state index in [2.05, 4.69) is 33.8 Å². The van der Waals surface area contributed by atoms with Crippen LogP contribution in [0.25, 0.3) is 0 Å². The first kappa shape index (κ1) is 21.4. The van der Waals surface area contributed by atoms with E-state index in [1.165, 1.54) is 51.4 Å². The molecule has 0 spiro atoms. The van der Waals surface area contributed by atoms with Crippen LogP contribution in [-0.4, -0.2) is 11.2 Å². The smallest absolute Gasteiger partial charge is 0.0577 e. The predicted octanol–water partition coefficient (Wildman–Crippen LogP) is 7.39. The van der Waals surface area contributed by atoms with Gasteiger partial charge in [-0.05, 0) is 98.2 Å².